The van der Waals surface area contributed by atoms with Crippen molar-refractivity contribution in [2.24, 2.45) is 0 Å². The third-order valence-corrected chi connectivity index (χ3v) is 4.58. The van der Waals surface area contributed by atoms with Gasteiger partial charge in [0, 0.05) is 5.69 Å². The fourth-order valence-electron chi connectivity index (χ4n) is 1.82. The van der Waals surface area contributed by atoms with Gasteiger partial charge in [0.25, 0.3) is 0 Å². The van der Waals surface area contributed by atoms with Crippen molar-refractivity contribution in [3.05, 3.63) is 29.8 Å². The predicted octanol–water partition coefficient (Wildman–Crippen LogP) is 0.743. The number of nitrogens with two attached hydrogens (primary N) is 1. The van der Waals surface area contributed by atoms with Crippen molar-refractivity contribution in [1.82, 2.24) is 19.9 Å². The zero-order valence-electron chi connectivity index (χ0n) is 11.9. The van der Waals surface area contributed by atoms with Gasteiger partial charge < -0.3 is 10.5 Å². The van der Waals surface area contributed by atoms with E-state index in [0.29, 0.717) is 11.5 Å². The van der Waals surface area contributed by atoms with Gasteiger partial charge in [0.05, 0.1) is 13.2 Å². The molecule has 1 aromatic carbocycles. The Kier molecular flexibility index (Phi) is 4.14. The summed E-state index contributed by atoms with van der Waals surface area (Å²) in [6, 6.07) is 2.40. The molecule has 2 rings (SSSR count). The number of aromatic amines is 1. The molecule has 1 heterocycles. The quantitative estimate of drug-likeness (QED) is 0.700. The number of nitrogens with zero attached hydrogens (tertiary/aromatic N) is 2. The minimum absolute atomic E-state index is 0.0144. The molecule has 1 atom stereocenters. The minimum atomic E-state index is -3.81. The number of sulfonamides is 1. The topological polar surface area (TPSA) is 123 Å². The number of anilines is 1. The van der Waals surface area contributed by atoms with Crippen LogP contribution < -0.4 is 15.2 Å². The highest BCUT2D eigenvalue weighted by molar-refractivity contribution is 7.89. The van der Waals surface area contributed by atoms with Crippen molar-refractivity contribution in [2.75, 3.05) is 12.8 Å². The van der Waals surface area contributed by atoms with E-state index in [1.807, 2.05) is 0 Å². The van der Waals surface area contributed by atoms with Crippen LogP contribution in [0.4, 0.5) is 5.69 Å². The van der Waals surface area contributed by atoms with E-state index in [9.17, 15) is 8.42 Å². The third-order valence-electron chi connectivity index (χ3n) is 3.02. The van der Waals surface area contributed by atoms with Gasteiger partial charge in [-0.3, -0.25) is 5.10 Å². The second-order valence-corrected chi connectivity index (χ2v) is 6.26. The molecule has 0 radical (unpaired) electrons. The average Bonchev–Trinajstić information content (AvgIpc) is 2.94. The van der Waals surface area contributed by atoms with Gasteiger partial charge in [-0.2, -0.15) is 5.10 Å². The molecule has 114 valence electrons. The van der Waals surface area contributed by atoms with Crippen molar-refractivity contribution in [3.63, 3.8) is 0 Å². The number of hydrogen-bond acceptors (Lipinski definition) is 6. The Morgan fingerprint density at radius 1 is 1.43 bits per heavy atom. The second kappa shape index (κ2) is 5.70. The van der Waals surface area contributed by atoms with Crippen molar-refractivity contribution >= 4 is 15.7 Å². The van der Waals surface area contributed by atoms with Gasteiger partial charge in [0.15, 0.2) is 0 Å². The summed E-state index contributed by atoms with van der Waals surface area (Å²) in [5.74, 6) is 0.650. The standard InChI is InChI=1S/C12H17N5O3S/c1-7-4-10(20-3)11(5-9(7)13)21(18,19)17-8(2)12-14-6-15-16-12/h4-6,8,17H,13H2,1-3H3,(H,14,15,16). The van der Waals surface area contributed by atoms with Crippen LogP contribution in [0, 0.1) is 6.92 Å². The van der Waals surface area contributed by atoms with E-state index in [1.54, 1.807) is 19.9 Å². The van der Waals surface area contributed by atoms with Crippen LogP contribution in [0.15, 0.2) is 23.4 Å². The number of aryl methyl sites for hydroxylation is 1. The predicted molar refractivity (Wildman–Crippen MR) is 77.3 cm³/mol. The molecular weight excluding hydrogens is 294 g/mol. The fraction of sp³-hybridized carbons (Fsp3) is 0.333. The van der Waals surface area contributed by atoms with Gasteiger partial charge in [-0.15, -0.1) is 0 Å². The first-order valence-electron chi connectivity index (χ1n) is 6.17. The highest BCUT2D eigenvalue weighted by Crippen LogP contribution is 2.29. The molecule has 0 aliphatic carbocycles. The summed E-state index contributed by atoms with van der Waals surface area (Å²) in [7, 11) is -2.40. The number of ether oxygens (including phenoxy) is 1. The smallest absolute Gasteiger partial charge is 0.244 e. The Bertz CT molecular complexity index is 728. The SMILES string of the molecule is COc1cc(C)c(N)cc1S(=O)(=O)NC(C)c1ncn[nH]1. The van der Waals surface area contributed by atoms with Crippen LogP contribution in [0.1, 0.15) is 24.4 Å². The van der Waals surface area contributed by atoms with E-state index >= 15 is 0 Å². The lowest BCUT2D eigenvalue weighted by Crippen LogP contribution is -2.28. The van der Waals surface area contributed by atoms with Gasteiger partial charge in [0.1, 0.15) is 22.8 Å². The number of aromatic nitrogens is 3. The molecule has 1 unspecified atom stereocenters. The van der Waals surface area contributed by atoms with Crippen LogP contribution in [0.25, 0.3) is 0 Å². The summed E-state index contributed by atoms with van der Waals surface area (Å²) < 4.78 is 32.6. The van der Waals surface area contributed by atoms with Crippen LogP contribution in [0.2, 0.25) is 0 Å². The summed E-state index contributed by atoms with van der Waals surface area (Å²) >= 11 is 0. The number of methoxy groups -OCH3 is 1. The van der Waals surface area contributed by atoms with Gasteiger partial charge in [-0.05, 0) is 31.5 Å². The molecule has 0 amide bonds. The molecule has 0 aliphatic rings. The number of rotatable bonds is 5. The van der Waals surface area contributed by atoms with Crippen molar-refractivity contribution < 1.29 is 13.2 Å². The Labute approximate surface area is 122 Å². The van der Waals surface area contributed by atoms with Crippen LogP contribution in [0.5, 0.6) is 5.75 Å². The summed E-state index contributed by atoms with van der Waals surface area (Å²) in [6.07, 6.45) is 1.31. The van der Waals surface area contributed by atoms with E-state index in [0.717, 1.165) is 5.56 Å². The first-order valence-corrected chi connectivity index (χ1v) is 7.65. The van der Waals surface area contributed by atoms with Crippen molar-refractivity contribution in [3.8, 4) is 5.75 Å². The minimum Gasteiger partial charge on any atom is -0.495 e. The number of benzene rings is 1. The van der Waals surface area contributed by atoms with Gasteiger partial charge >= 0.3 is 0 Å². The largest absolute Gasteiger partial charge is 0.495 e. The summed E-state index contributed by atoms with van der Waals surface area (Å²) in [4.78, 5) is 3.90. The molecule has 2 aromatic rings. The first kappa shape index (κ1) is 15.3. The molecule has 4 N–H and O–H groups in total. The van der Waals surface area contributed by atoms with Crippen LogP contribution in [-0.4, -0.2) is 30.7 Å². The van der Waals surface area contributed by atoms with Crippen molar-refractivity contribution in [1.29, 1.82) is 0 Å². The number of nitrogens with one attached hydrogen (secondary N) is 2. The van der Waals surface area contributed by atoms with E-state index in [1.165, 1.54) is 19.5 Å². The fourth-order valence-corrected chi connectivity index (χ4v) is 3.22. The molecule has 0 spiro atoms. The van der Waals surface area contributed by atoms with Gasteiger partial charge in [-0.1, -0.05) is 0 Å². The molecule has 8 nitrogen and oxygen atoms in total. The molecule has 0 bridgehead atoms. The lowest BCUT2D eigenvalue weighted by atomic mass is 10.2. The highest BCUT2D eigenvalue weighted by atomic mass is 32.2. The van der Waals surface area contributed by atoms with Crippen molar-refractivity contribution in [2.45, 2.75) is 24.8 Å². The van der Waals surface area contributed by atoms with Crippen LogP contribution in [0.3, 0.4) is 0 Å². The Hall–Kier alpha value is -2.13. The van der Waals surface area contributed by atoms with Gasteiger partial charge in [0.2, 0.25) is 10.0 Å². The maximum absolute atomic E-state index is 12.5. The zero-order chi connectivity index (χ0) is 15.6. The maximum Gasteiger partial charge on any atom is 0.244 e. The summed E-state index contributed by atoms with van der Waals surface area (Å²) in [5, 5.41) is 6.31. The maximum atomic E-state index is 12.5. The number of H-pyrrole nitrogens is 1. The van der Waals surface area contributed by atoms with Crippen LogP contribution >= 0.6 is 0 Å². The second-order valence-electron chi connectivity index (χ2n) is 4.57. The average molecular weight is 311 g/mol. The van der Waals surface area contributed by atoms with E-state index in [4.69, 9.17) is 10.5 Å². The molecule has 0 fully saturated rings. The van der Waals surface area contributed by atoms with E-state index in [-0.39, 0.29) is 10.6 Å². The Balaban J connectivity index is 2.38. The molecule has 0 saturated carbocycles. The molecule has 0 saturated heterocycles. The lowest BCUT2D eigenvalue weighted by molar-refractivity contribution is 0.402. The molecule has 1 aromatic heterocycles. The van der Waals surface area contributed by atoms with E-state index in [2.05, 4.69) is 19.9 Å². The lowest BCUT2D eigenvalue weighted by Gasteiger charge is -2.15. The number of nitrogen functional groups attached to an aromatic ring is 1. The molecule has 9 heteroatoms. The normalized spacial score (nSPS) is 13.1. The molecule has 21 heavy (non-hydrogen) atoms. The Morgan fingerprint density at radius 2 is 2.14 bits per heavy atom. The van der Waals surface area contributed by atoms with E-state index < -0.39 is 16.1 Å². The monoisotopic (exact) mass is 311 g/mol. The third kappa shape index (κ3) is 3.14. The summed E-state index contributed by atoms with van der Waals surface area (Å²) in [6.45, 7) is 3.43. The first-order chi connectivity index (χ1) is 9.85. The van der Waals surface area contributed by atoms with Gasteiger partial charge in [-0.25, -0.2) is 18.1 Å². The summed E-state index contributed by atoms with van der Waals surface area (Å²) in [5.41, 5.74) is 6.91. The molecule has 0 aliphatic heterocycles. The molecular formula is C12H17N5O3S. The highest BCUT2D eigenvalue weighted by Gasteiger charge is 2.24. The Morgan fingerprint density at radius 3 is 2.71 bits per heavy atom. The van der Waals surface area contributed by atoms with Crippen LogP contribution in [-0.2, 0) is 10.0 Å². The number of hydrogen-bond donors (Lipinski definition) is 3. The zero-order valence-corrected chi connectivity index (χ0v) is 12.7.